The van der Waals surface area contributed by atoms with Crippen LogP contribution >= 0.6 is 0 Å². The van der Waals surface area contributed by atoms with Crippen LogP contribution in [0.3, 0.4) is 0 Å². The van der Waals surface area contributed by atoms with Gasteiger partial charge in [0.25, 0.3) is 0 Å². The summed E-state index contributed by atoms with van der Waals surface area (Å²) < 4.78 is 9.92. The van der Waals surface area contributed by atoms with Crippen LogP contribution in [0, 0.1) is 0 Å². The van der Waals surface area contributed by atoms with Crippen molar-refractivity contribution in [2.24, 2.45) is 0 Å². The smallest absolute Gasteiger partial charge is 0.337 e. The molecule has 0 N–H and O–H groups in total. The number of Topliss-reactive ketones (excluding diaryl/α,β-unsaturated/α-hetero) is 1. The summed E-state index contributed by atoms with van der Waals surface area (Å²) in [5.74, 6) is 0.738. The quantitative estimate of drug-likeness (QED) is 0.755. The summed E-state index contributed by atoms with van der Waals surface area (Å²) in [6.45, 7) is 0. The molecule has 0 fully saturated rings. The van der Waals surface area contributed by atoms with Crippen molar-refractivity contribution in [2.75, 3.05) is 14.2 Å². The molecule has 4 nitrogen and oxygen atoms in total. The minimum absolute atomic E-state index is 0.216. The van der Waals surface area contributed by atoms with Gasteiger partial charge in [-0.1, -0.05) is 12.1 Å². The fourth-order valence-electron chi connectivity index (χ4n) is 2.58. The van der Waals surface area contributed by atoms with Crippen LogP contribution in [0.15, 0.2) is 35.6 Å². The molecule has 0 atom stereocenters. The second kappa shape index (κ2) is 7.07. The van der Waals surface area contributed by atoms with E-state index in [1.807, 2.05) is 12.1 Å². The van der Waals surface area contributed by atoms with Gasteiger partial charge in [0, 0.05) is 18.4 Å². The van der Waals surface area contributed by atoms with Gasteiger partial charge in [-0.05, 0) is 37.0 Å². The topological polar surface area (TPSA) is 52.6 Å². The van der Waals surface area contributed by atoms with Gasteiger partial charge in [-0.15, -0.1) is 0 Å². The molecule has 0 aromatic heterocycles. The number of aryl methyl sites for hydroxylation is 1. The van der Waals surface area contributed by atoms with Gasteiger partial charge >= 0.3 is 5.97 Å². The summed E-state index contributed by atoms with van der Waals surface area (Å²) in [4.78, 5) is 23.1. The molecule has 0 amide bonds. The largest absolute Gasteiger partial charge is 0.501 e. The third-order valence-corrected chi connectivity index (χ3v) is 3.77. The molecule has 0 bridgehead atoms. The number of methoxy groups -OCH3 is 2. The van der Waals surface area contributed by atoms with E-state index in [2.05, 4.69) is 4.74 Å². The number of ketones is 1. The molecular weight excluding hydrogens is 268 g/mol. The Morgan fingerprint density at radius 3 is 2.43 bits per heavy atom. The lowest BCUT2D eigenvalue weighted by Crippen LogP contribution is -2.01. The zero-order valence-electron chi connectivity index (χ0n) is 12.5. The maximum Gasteiger partial charge on any atom is 0.337 e. The number of ether oxygens (including phenoxy) is 2. The number of hydrogen-bond acceptors (Lipinski definition) is 4. The average molecular weight is 288 g/mol. The van der Waals surface area contributed by atoms with Gasteiger partial charge in [0.15, 0.2) is 5.78 Å². The molecule has 0 saturated carbocycles. The highest BCUT2D eigenvalue weighted by Gasteiger charge is 2.22. The predicted octanol–water partition coefficient (Wildman–Crippen LogP) is 3.06. The Morgan fingerprint density at radius 1 is 1.10 bits per heavy atom. The second-order valence-electron chi connectivity index (χ2n) is 5.07. The predicted molar refractivity (Wildman–Crippen MR) is 79.0 cm³/mol. The number of carbonyl (C=O) groups is 2. The molecule has 112 valence electrons. The first-order valence-corrected chi connectivity index (χ1v) is 7.12. The van der Waals surface area contributed by atoms with Crippen molar-refractivity contribution in [1.82, 2.24) is 0 Å². The number of hydrogen-bond donors (Lipinski definition) is 0. The van der Waals surface area contributed by atoms with E-state index in [1.165, 1.54) is 7.11 Å². The maximum absolute atomic E-state index is 11.7. The van der Waals surface area contributed by atoms with Crippen molar-refractivity contribution in [3.63, 3.8) is 0 Å². The first-order chi connectivity index (χ1) is 10.2. The highest BCUT2D eigenvalue weighted by atomic mass is 16.5. The molecule has 0 spiro atoms. The number of carbonyl (C=O) groups excluding carboxylic acids is 2. The lowest BCUT2D eigenvalue weighted by Gasteiger charge is -2.06. The molecule has 1 aliphatic carbocycles. The molecule has 0 heterocycles. The minimum Gasteiger partial charge on any atom is -0.501 e. The fourth-order valence-corrected chi connectivity index (χ4v) is 2.58. The van der Waals surface area contributed by atoms with Crippen LogP contribution in [0.5, 0.6) is 0 Å². The summed E-state index contributed by atoms with van der Waals surface area (Å²) in [6.07, 6.45) is 3.83. The summed E-state index contributed by atoms with van der Waals surface area (Å²) in [5.41, 5.74) is 2.55. The highest BCUT2D eigenvalue weighted by Crippen LogP contribution is 2.27. The highest BCUT2D eigenvalue weighted by molar-refractivity contribution is 5.98. The Balaban J connectivity index is 1.89. The van der Waals surface area contributed by atoms with Crippen LogP contribution in [-0.4, -0.2) is 26.0 Å². The van der Waals surface area contributed by atoms with Crippen molar-refractivity contribution < 1.29 is 19.1 Å². The Morgan fingerprint density at radius 2 is 1.81 bits per heavy atom. The van der Waals surface area contributed by atoms with E-state index >= 15 is 0 Å². The van der Waals surface area contributed by atoms with E-state index in [4.69, 9.17) is 4.74 Å². The monoisotopic (exact) mass is 288 g/mol. The van der Waals surface area contributed by atoms with Gasteiger partial charge in [-0.3, -0.25) is 4.79 Å². The molecule has 2 rings (SSSR count). The fraction of sp³-hybridized carbons (Fsp3) is 0.412. The van der Waals surface area contributed by atoms with Crippen molar-refractivity contribution in [2.45, 2.75) is 32.1 Å². The minimum atomic E-state index is -0.326. The van der Waals surface area contributed by atoms with Crippen molar-refractivity contribution in [1.29, 1.82) is 0 Å². The normalized spacial score (nSPS) is 14.5. The second-order valence-corrected chi connectivity index (χ2v) is 5.07. The molecule has 0 radical (unpaired) electrons. The molecule has 0 aliphatic heterocycles. The zero-order valence-corrected chi connectivity index (χ0v) is 12.5. The number of rotatable bonds is 6. The van der Waals surface area contributed by atoms with Crippen LogP contribution in [0.2, 0.25) is 0 Å². The van der Waals surface area contributed by atoms with Crippen molar-refractivity contribution in [3.8, 4) is 0 Å². The average Bonchev–Trinajstić information content (AvgIpc) is 2.87. The van der Waals surface area contributed by atoms with E-state index in [0.717, 1.165) is 42.6 Å². The van der Waals surface area contributed by atoms with Crippen LogP contribution in [-0.2, 0) is 20.7 Å². The first-order valence-electron chi connectivity index (χ1n) is 7.12. The zero-order chi connectivity index (χ0) is 15.2. The van der Waals surface area contributed by atoms with Crippen molar-refractivity contribution >= 4 is 11.8 Å². The van der Waals surface area contributed by atoms with Gasteiger partial charge in [0.1, 0.15) is 5.76 Å². The van der Waals surface area contributed by atoms with Crippen LogP contribution in [0.1, 0.15) is 41.6 Å². The van der Waals surface area contributed by atoms with Crippen LogP contribution in [0.25, 0.3) is 0 Å². The van der Waals surface area contributed by atoms with Crippen LogP contribution in [0.4, 0.5) is 0 Å². The molecule has 0 saturated heterocycles. The number of esters is 1. The molecule has 1 aromatic rings. The molecular formula is C17H20O4. The van der Waals surface area contributed by atoms with E-state index < -0.39 is 0 Å². The lowest BCUT2D eigenvalue weighted by atomic mass is 10.0. The first kappa shape index (κ1) is 15.3. The third kappa shape index (κ3) is 3.72. The number of allylic oxidation sites excluding steroid dienone is 2. The van der Waals surface area contributed by atoms with Gasteiger partial charge in [0.2, 0.25) is 0 Å². The molecule has 21 heavy (non-hydrogen) atoms. The summed E-state index contributed by atoms with van der Waals surface area (Å²) in [5, 5.41) is 0. The van der Waals surface area contributed by atoms with Crippen LogP contribution < -0.4 is 0 Å². The molecule has 0 unspecified atom stereocenters. The van der Waals surface area contributed by atoms with Gasteiger partial charge in [-0.2, -0.15) is 0 Å². The standard InChI is InChI=1S/C17H20O4/c1-20-16-11-10-15(18)14(16)5-3-4-12-6-8-13(9-7-12)17(19)21-2/h6-9H,3-5,10-11H2,1-2H3. The lowest BCUT2D eigenvalue weighted by molar-refractivity contribution is -0.115. The van der Waals surface area contributed by atoms with Crippen molar-refractivity contribution in [3.05, 3.63) is 46.7 Å². The summed E-state index contributed by atoms with van der Waals surface area (Å²) in [6, 6.07) is 7.38. The Hall–Kier alpha value is -2.10. The van der Waals surface area contributed by atoms with E-state index in [0.29, 0.717) is 12.0 Å². The molecule has 1 aromatic carbocycles. The number of benzene rings is 1. The van der Waals surface area contributed by atoms with Gasteiger partial charge in [-0.25, -0.2) is 4.79 Å². The SMILES string of the molecule is COC(=O)c1ccc(CCCC2=C(OC)CCC2=O)cc1. The Bertz CT molecular complexity index is 555. The van der Waals surface area contributed by atoms with E-state index in [9.17, 15) is 9.59 Å². The summed E-state index contributed by atoms with van der Waals surface area (Å²) in [7, 11) is 3.00. The molecule has 1 aliphatic rings. The Kier molecular flexibility index (Phi) is 5.14. The third-order valence-electron chi connectivity index (χ3n) is 3.77. The maximum atomic E-state index is 11.7. The van der Waals surface area contributed by atoms with E-state index in [-0.39, 0.29) is 11.8 Å². The summed E-state index contributed by atoms with van der Waals surface area (Å²) >= 11 is 0. The van der Waals surface area contributed by atoms with Gasteiger partial charge < -0.3 is 9.47 Å². The van der Waals surface area contributed by atoms with Gasteiger partial charge in [0.05, 0.1) is 19.8 Å². The van der Waals surface area contributed by atoms with E-state index in [1.54, 1.807) is 19.2 Å². The Labute approximate surface area is 124 Å². The molecule has 4 heteroatoms.